The predicted molar refractivity (Wildman–Crippen MR) is 106 cm³/mol. The van der Waals surface area contributed by atoms with Gasteiger partial charge in [-0.3, -0.25) is 14.5 Å². The Balaban J connectivity index is 2.11. The largest absolute Gasteiger partial charge is 0.360 e. The van der Waals surface area contributed by atoms with Gasteiger partial charge in [-0.05, 0) is 55.5 Å². The fourth-order valence-corrected chi connectivity index (χ4v) is 2.88. The number of nitrogens with one attached hydrogen (secondary N) is 1. The quantitative estimate of drug-likeness (QED) is 0.592. The van der Waals surface area contributed by atoms with Crippen molar-refractivity contribution in [1.29, 1.82) is 0 Å². The van der Waals surface area contributed by atoms with E-state index in [0.717, 1.165) is 34.9 Å². The van der Waals surface area contributed by atoms with Gasteiger partial charge in [-0.1, -0.05) is 36.4 Å². The first-order valence-electron chi connectivity index (χ1n) is 8.72. The van der Waals surface area contributed by atoms with Crippen molar-refractivity contribution in [2.75, 3.05) is 11.4 Å². The summed E-state index contributed by atoms with van der Waals surface area (Å²) in [5.74, 6) is -4.08. The third kappa shape index (κ3) is 5.28. The molecule has 0 unspecified atom stereocenters. The van der Waals surface area contributed by atoms with Crippen LogP contribution in [0.1, 0.15) is 16.7 Å². The molecule has 0 heterocycles. The lowest BCUT2D eigenvalue weighted by Crippen LogP contribution is -2.45. The Kier molecular flexibility index (Phi) is 7.09. The molecule has 28 heavy (non-hydrogen) atoms. The van der Waals surface area contributed by atoms with Crippen LogP contribution in [0.15, 0.2) is 49.1 Å². The first-order chi connectivity index (χ1) is 13.2. The molecule has 0 saturated heterocycles. The molecule has 2 rings (SSSR count). The zero-order valence-electron chi connectivity index (χ0n) is 15.8. The Bertz CT molecular complexity index is 882. The van der Waals surface area contributed by atoms with Gasteiger partial charge in [0, 0.05) is 0 Å². The van der Waals surface area contributed by atoms with Crippen LogP contribution < -0.4 is 10.2 Å². The maximum Gasteiger partial charge on any atom is 0.251 e. The normalized spacial score (nSPS) is 11.6. The topological polar surface area (TPSA) is 49.4 Å². The molecule has 4 nitrogen and oxygen atoms in total. The molecule has 0 aliphatic carbocycles. The number of carbonyl (C=O) groups excluding carboxylic acids is 2. The number of anilines is 1. The molecule has 0 aliphatic heterocycles. The Morgan fingerprint density at radius 3 is 2.43 bits per heavy atom. The minimum Gasteiger partial charge on any atom is -0.360 e. The maximum atomic E-state index is 14.1. The van der Waals surface area contributed by atoms with Gasteiger partial charge in [0.25, 0.3) is 5.91 Å². The summed E-state index contributed by atoms with van der Waals surface area (Å²) >= 11 is 0. The van der Waals surface area contributed by atoms with Crippen molar-refractivity contribution in [1.82, 2.24) is 5.32 Å². The van der Waals surface area contributed by atoms with Crippen molar-refractivity contribution < 1.29 is 18.4 Å². The Morgan fingerprint density at radius 2 is 1.86 bits per heavy atom. The molecule has 1 atom stereocenters. The number of hydrogen-bond acceptors (Lipinski definition) is 2. The molecule has 7 heteroatoms. The van der Waals surface area contributed by atoms with Crippen molar-refractivity contribution in [2.45, 2.75) is 26.2 Å². The highest BCUT2D eigenvalue weighted by atomic mass is 19.1. The van der Waals surface area contributed by atoms with Crippen LogP contribution in [0.5, 0.6) is 0 Å². The molecule has 1 N–H and O–H groups in total. The number of para-hydroxylation sites is 1. The number of halogens is 2. The fourth-order valence-electron chi connectivity index (χ4n) is 2.88. The SMILES string of the molecule is [B][C@H](Cc1ccc(C)cc1C)NC(=O)CN(C(=O)C=C)c1c(F)cccc1F. The van der Waals surface area contributed by atoms with Crippen LogP contribution in [0.3, 0.4) is 0 Å². The molecule has 0 spiro atoms. The molecule has 2 aromatic carbocycles. The summed E-state index contributed by atoms with van der Waals surface area (Å²) in [5.41, 5.74) is 2.52. The second-order valence-electron chi connectivity index (χ2n) is 6.51. The van der Waals surface area contributed by atoms with Crippen LogP contribution >= 0.6 is 0 Å². The molecule has 0 saturated carbocycles. The molecule has 2 aromatic rings. The number of amides is 2. The number of aryl methyl sites for hydroxylation is 2. The number of benzene rings is 2. The summed E-state index contributed by atoms with van der Waals surface area (Å²) < 4.78 is 28.1. The molecule has 0 aromatic heterocycles. The van der Waals surface area contributed by atoms with E-state index in [1.807, 2.05) is 32.0 Å². The average molecular weight is 382 g/mol. The molecule has 2 amide bonds. The van der Waals surface area contributed by atoms with Gasteiger partial charge in [0.15, 0.2) is 0 Å². The molecular weight excluding hydrogens is 361 g/mol. The number of carbonyl (C=O) groups is 2. The first-order valence-corrected chi connectivity index (χ1v) is 8.72. The highest BCUT2D eigenvalue weighted by Gasteiger charge is 2.24. The second-order valence-corrected chi connectivity index (χ2v) is 6.51. The third-order valence-electron chi connectivity index (χ3n) is 4.23. The molecule has 144 valence electrons. The van der Waals surface area contributed by atoms with E-state index in [1.54, 1.807) is 0 Å². The van der Waals surface area contributed by atoms with Gasteiger partial charge >= 0.3 is 0 Å². The molecule has 2 radical (unpaired) electrons. The highest BCUT2D eigenvalue weighted by molar-refractivity contribution is 6.13. The lowest BCUT2D eigenvalue weighted by atomic mass is 9.87. The molecule has 0 aliphatic rings. The highest BCUT2D eigenvalue weighted by Crippen LogP contribution is 2.23. The third-order valence-corrected chi connectivity index (χ3v) is 4.23. The van der Waals surface area contributed by atoms with Crippen LogP contribution in [0.4, 0.5) is 14.5 Å². The monoisotopic (exact) mass is 382 g/mol. The first kappa shape index (κ1) is 21.3. The van der Waals surface area contributed by atoms with E-state index in [-0.39, 0.29) is 0 Å². The van der Waals surface area contributed by atoms with E-state index >= 15 is 0 Å². The zero-order chi connectivity index (χ0) is 20.8. The van der Waals surface area contributed by atoms with Crippen LogP contribution in [-0.4, -0.2) is 32.1 Å². The van der Waals surface area contributed by atoms with E-state index < -0.39 is 41.6 Å². The second kappa shape index (κ2) is 9.31. The van der Waals surface area contributed by atoms with Crippen molar-refractivity contribution in [3.63, 3.8) is 0 Å². The molecular formula is C21H21BF2N2O2. The summed E-state index contributed by atoms with van der Waals surface area (Å²) in [5, 5.41) is 2.55. The summed E-state index contributed by atoms with van der Waals surface area (Å²) in [4.78, 5) is 25.1. The van der Waals surface area contributed by atoms with Gasteiger partial charge in [0.2, 0.25) is 5.91 Å². The number of hydrogen-bond donors (Lipinski definition) is 1. The maximum absolute atomic E-state index is 14.1. The van der Waals surface area contributed by atoms with Gasteiger partial charge in [0.05, 0.1) is 7.85 Å². The van der Waals surface area contributed by atoms with Gasteiger partial charge < -0.3 is 5.32 Å². The minimum atomic E-state index is -0.956. The van der Waals surface area contributed by atoms with E-state index in [9.17, 15) is 18.4 Å². The standard InChI is InChI=1S/C21H21BF2N2O2/c1-4-20(28)26(21-16(23)6-5-7-17(21)24)12-19(27)25-18(22)11-15-9-8-13(2)10-14(15)3/h4-10,18H,1,11-12H2,2-3H3,(H,25,27)/t18-/m0/s1. The van der Waals surface area contributed by atoms with Crippen LogP contribution in [0.25, 0.3) is 0 Å². The van der Waals surface area contributed by atoms with Crippen molar-refractivity contribution >= 4 is 25.3 Å². The summed E-state index contributed by atoms with van der Waals surface area (Å²) in [6.45, 7) is 6.65. The van der Waals surface area contributed by atoms with Crippen molar-refractivity contribution in [3.8, 4) is 0 Å². The Labute approximate surface area is 164 Å². The van der Waals surface area contributed by atoms with Crippen LogP contribution in [-0.2, 0) is 16.0 Å². The minimum absolute atomic E-state index is 0.376. The summed E-state index contributed by atoms with van der Waals surface area (Å²) in [6, 6.07) is 9.07. The van der Waals surface area contributed by atoms with Gasteiger partial charge in [-0.2, -0.15) is 0 Å². The molecule has 0 fully saturated rings. The smallest absolute Gasteiger partial charge is 0.251 e. The van der Waals surface area contributed by atoms with Crippen molar-refractivity contribution in [3.05, 3.63) is 77.4 Å². The van der Waals surface area contributed by atoms with Gasteiger partial charge in [0.1, 0.15) is 23.9 Å². The predicted octanol–water partition coefficient (Wildman–Crippen LogP) is 2.95. The summed E-state index contributed by atoms with van der Waals surface area (Å²) in [7, 11) is 5.99. The van der Waals surface area contributed by atoms with Crippen LogP contribution in [0, 0.1) is 25.5 Å². The van der Waals surface area contributed by atoms with Crippen molar-refractivity contribution in [2.24, 2.45) is 0 Å². The zero-order valence-corrected chi connectivity index (χ0v) is 15.8. The lowest BCUT2D eigenvalue weighted by Gasteiger charge is -2.23. The molecule has 0 bridgehead atoms. The van der Waals surface area contributed by atoms with Gasteiger partial charge in [-0.25, -0.2) is 8.78 Å². The van der Waals surface area contributed by atoms with E-state index in [4.69, 9.17) is 7.85 Å². The van der Waals surface area contributed by atoms with E-state index in [1.165, 1.54) is 6.07 Å². The fraction of sp³-hybridized carbons (Fsp3) is 0.238. The average Bonchev–Trinajstić information content (AvgIpc) is 2.62. The lowest BCUT2D eigenvalue weighted by molar-refractivity contribution is -0.122. The Hall–Kier alpha value is -2.96. The van der Waals surface area contributed by atoms with Gasteiger partial charge in [-0.15, -0.1) is 0 Å². The van der Waals surface area contributed by atoms with E-state index in [0.29, 0.717) is 11.3 Å². The number of nitrogens with zero attached hydrogens (tertiary/aromatic N) is 1. The number of rotatable bonds is 7. The Morgan fingerprint density at radius 1 is 1.21 bits per heavy atom. The summed E-state index contributed by atoms with van der Waals surface area (Å²) in [6.07, 6.45) is 1.26. The van der Waals surface area contributed by atoms with Crippen LogP contribution in [0.2, 0.25) is 0 Å². The van der Waals surface area contributed by atoms with E-state index in [2.05, 4.69) is 11.9 Å².